The Kier molecular flexibility index (Phi) is 4.81. The zero-order chi connectivity index (χ0) is 17.1. The normalized spacial score (nSPS) is 21.4. The Bertz CT molecular complexity index is 738. The minimum atomic E-state index is 0.354. The van der Waals surface area contributed by atoms with Crippen molar-refractivity contribution < 1.29 is 4.74 Å². The summed E-state index contributed by atoms with van der Waals surface area (Å²) in [5, 5.41) is 0. The number of hydrogen-bond donors (Lipinski definition) is 0. The molecule has 2 heterocycles. The van der Waals surface area contributed by atoms with Crippen LogP contribution in [0.15, 0.2) is 59.6 Å². The lowest BCUT2D eigenvalue weighted by Gasteiger charge is -2.37. The molecule has 1 atom stereocenters. The van der Waals surface area contributed by atoms with Crippen molar-refractivity contribution in [2.24, 2.45) is 4.99 Å². The number of ether oxygens (including phenoxy) is 1. The Morgan fingerprint density at radius 1 is 1.12 bits per heavy atom. The fraction of sp³-hybridized carbons (Fsp3) is 0.381. The number of benzene rings is 2. The molecule has 4 heteroatoms. The maximum atomic E-state index is 5.82. The molecule has 0 spiro atoms. The van der Waals surface area contributed by atoms with Gasteiger partial charge in [0.15, 0.2) is 0 Å². The summed E-state index contributed by atoms with van der Waals surface area (Å²) in [6.45, 7) is 5.56. The van der Waals surface area contributed by atoms with Crippen molar-refractivity contribution >= 4 is 11.5 Å². The maximum Gasteiger partial charge on any atom is 0.137 e. The van der Waals surface area contributed by atoms with Crippen molar-refractivity contribution in [1.82, 2.24) is 4.90 Å². The van der Waals surface area contributed by atoms with Crippen LogP contribution in [0, 0.1) is 6.92 Å². The molecule has 0 N–H and O–H groups in total. The molecule has 1 saturated heterocycles. The van der Waals surface area contributed by atoms with Crippen LogP contribution in [0.1, 0.15) is 24.0 Å². The summed E-state index contributed by atoms with van der Waals surface area (Å²) in [4.78, 5) is 9.62. The molecule has 0 saturated carbocycles. The van der Waals surface area contributed by atoms with Gasteiger partial charge in [-0.25, -0.2) is 0 Å². The minimum absolute atomic E-state index is 0.354. The molecule has 4 rings (SSSR count). The average Bonchev–Trinajstić information content (AvgIpc) is 3.15. The molecule has 130 valence electrons. The third-order valence-corrected chi connectivity index (χ3v) is 4.85. The standard InChI is InChI=1S/C21H25N3O/c1-17-7-5-10-19(13-17)24-16-23(14-20-11-6-12-25-20)15-22-21(24)18-8-3-2-4-9-18/h2-5,7-10,13,20H,6,11-12,14-16H2,1H3/t20-/m1/s1. The van der Waals surface area contributed by atoms with E-state index < -0.39 is 0 Å². The molecule has 2 aliphatic rings. The monoisotopic (exact) mass is 335 g/mol. The summed E-state index contributed by atoms with van der Waals surface area (Å²) in [7, 11) is 0. The lowest BCUT2D eigenvalue weighted by Crippen LogP contribution is -2.48. The molecule has 1 fully saturated rings. The molecular formula is C21H25N3O. The number of anilines is 1. The number of amidine groups is 1. The zero-order valence-electron chi connectivity index (χ0n) is 14.8. The smallest absolute Gasteiger partial charge is 0.137 e. The highest BCUT2D eigenvalue weighted by Crippen LogP contribution is 2.23. The first-order chi connectivity index (χ1) is 12.3. The van der Waals surface area contributed by atoms with Gasteiger partial charge in [0.05, 0.1) is 19.4 Å². The molecule has 2 aromatic carbocycles. The van der Waals surface area contributed by atoms with Crippen LogP contribution in [-0.4, -0.2) is 43.3 Å². The quantitative estimate of drug-likeness (QED) is 0.853. The minimum Gasteiger partial charge on any atom is -0.377 e. The summed E-state index contributed by atoms with van der Waals surface area (Å²) in [6.07, 6.45) is 2.70. The number of rotatable bonds is 4. The number of aryl methyl sites for hydroxylation is 1. The topological polar surface area (TPSA) is 28.1 Å². The lowest BCUT2D eigenvalue weighted by molar-refractivity contribution is 0.0739. The van der Waals surface area contributed by atoms with E-state index in [1.807, 2.05) is 6.07 Å². The van der Waals surface area contributed by atoms with Gasteiger partial charge in [-0.05, 0) is 37.5 Å². The second-order valence-electron chi connectivity index (χ2n) is 6.89. The molecule has 0 aliphatic carbocycles. The van der Waals surface area contributed by atoms with Gasteiger partial charge in [-0.3, -0.25) is 9.89 Å². The lowest BCUT2D eigenvalue weighted by atomic mass is 10.1. The van der Waals surface area contributed by atoms with Gasteiger partial charge in [0.1, 0.15) is 5.84 Å². The van der Waals surface area contributed by atoms with Gasteiger partial charge in [-0.15, -0.1) is 0 Å². The second kappa shape index (κ2) is 7.38. The van der Waals surface area contributed by atoms with Crippen molar-refractivity contribution in [2.45, 2.75) is 25.9 Å². The average molecular weight is 335 g/mol. The van der Waals surface area contributed by atoms with Crippen LogP contribution in [0.3, 0.4) is 0 Å². The molecule has 2 aliphatic heterocycles. The fourth-order valence-electron chi connectivity index (χ4n) is 3.59. The van der Waals surface area contributed by atoms with Crippen LogP contribution in [0.5, 0.6) is 0 Å². The van der Waals surface area contributed by atoms with Crippen LogP contribution in [0.25, 0.3) is 0 Å². The van der Waals surface area contributed by atoms with E-state index in [0.29, 0.717) is 6.10 Å². The van der Waals surface area contributed by atoms with Crippen LogP contribution in [0.2, 0.25) is 0 Å². The highest BCUT2D eigenvalue weighted by atomic mass is 16.5. The summed E-state index contributed by atoms with van der Waals surface area (Å²) in [5.41, 5.74) is 3.63. The van der Waals surface area contributed by atoms with E-state index in [4.69, 9.17) is 9.73 Å². The zero-order valence-corrected chi connectivity index (χ0v) is 14.8. The Balaban J connectivity index is 1.62. The molecule has 0 radical (unpaired) electrons. The first kappa shape index (κ1) is 16.3. The summed E-state index contributed by atoms with van der Waals surface area (Å²) >= 11 is 0. The van der Waals surface area contributed by atoms with Crippen LogP contribution in [0.4, 0.5) is 5.69 Å². The van der Waals surface area contributed by atoms with Crippen molar-refractivity contribution in [2.75, 3.05) is 31.4 Å². The number of aliphatic imine (C=N–C) groups is 1. The first-order valence-electron chi connectivity index (χ1n) is 9.07. The van der Waals surface area contributed by atoms with Crippen molar-refractivity contribution in [1.29, 1.82) is 0 Å². The van der Waals surface area contributed by atoms with E-state index in [2.05, 4.69) is 65.3 Å². The molecular weight excluding hydrogens is 310 g/mol. The Morgan fingerprint density at radius 2 is 2.00 bits per heavy atom. The third kappa shape index (κ3) is 3.75. The third-order valence-electron chi connectivity index (χ3n) is 4.85. The SMILES string of the molecule is Cc1cccc(N2CN(C[C@H]3CCCO3)CN=C2c2ccccc2)c1. The highest BCUT2D eigenvalue weighted by Gasteiger charge is 2.26. The van der Waals surface area contributed by atoms with E-state index in [-0.39, 0.29) is 0 Å². The van der Waals surface area contributed by atoms with Gasteiger partial charge in [-0.1, -0.05) is 42.5 Å². The highest BCUT2D eigenvalue weighted by molar-refractivity contribution is 6.10. The molecule has 0 bridgehead atoms. The Labute approximate surface area is 149 Å². The van der Waals surface area contributed by atoms with Gasteiger partial charge in [-0.2, -0.15) is 0 Å². The summed E-state index contributed by atoms with van der Waals surface area (Å²) < 4.78 is 5.82. The predicted molar refractivity (Wildman–Crippen MR) is 102 cm³/mol. The van der Waals surface area contributed by atoms with Gasteiger partial charge in [0.25, 0.3) is 0 Å². The van der Waals surface area contributed by atoms with Crippen molar-refractivity contribution in [3.63, 3.8) is 0 Å². The van der Waals surface area contributed by atoms with E-state index in [0.717, 1.165) is 38.7 Å². The molecule has 2 aromatic rings. The second-order valence-corrected chi connectivity index (χ2v) is 6.89. The van der Waals surface area contributed by atoms with E-state index in [9.17, 15) is 0 Å². The molecule has 0 amide bonds. The number of hydrogen-bond acceptors (Lipinski definition) is 4. The molecule has 0 aromatic heterocycles. The molecule has 4 nitrogen and oxygen atoms in total. The van der Waals surface area contributed by atoms with Gasteiger partial charge in [0.2, 0.25) is 0 Å². The van der Waals surface area contributed by atoms with E-state index in [1.165, 1.54) is 23.2 Å². The van der Waals surface area contributed by atoms with Gasteiger partial charge >= 0.3 is 0 Å². The predicted octanol–water partition coefficient (Wildman–Crippen LogP) is 3.66. The van der Waals surface area contributed by atoms with Gasteiger partial charge in [0, 0.05) is 24.4 Å². The summed E-state index contributed by atoms with van der Waals surface area (Å²) in [6, 6.07) is 19.1. The fourth-order valence-corrected chi connectivity index (χ4v) is 3.59. The van der Waals surface area contributed by atoms with Crippen molar-refractivity contribution in [3.8, 4) is 0 Å². The van der Waals surface area contributed by atoms with Crippen LogP contribution in [-0.2, 0) is 4.74 Å². The number of nitrogens with zero attached hydrogens (tertiary/aromatic N) is 3. The Morgan fingerprint density at radius 3 is 2.76 bits per heavy atom. The molecule has 0 unspecified atom stereocenters. The van der Waals surface area contributed by atoms with Crippen LogP contribution < -0.4 is 4.90 Å². The van der Waals surface area contributed by atoms with E-state index >= 15 is 0 Å². The van der Waals surface area contributed by atoms with E-state index in [1.54, 1.807) is 0 Å². The molecule has 25 heavy (non-hydrogen) atoms. The Hall–Kier alpha value is -2.17. The first-order valence-corrected chi connectivity index (χ1v) is 9.07. The summed E-state index contributed by atoms with van der Waals surface area (Å²) in [5.74, 6) is 1.05. The van der Waals surface area contributed by atoms with Crippen LogP contribution >= 0.6 is 0 Å². The maximum absolute atomic E-state index is 5.82. The van der Waals surface area contributed by atoms with Gasteiger partial charge < -0.3 is 9.64 Å². The largest absolute Gasteiger partial charge is 0.377 e. The van der Waals surface area contributed by atoms with Crippen molar-refractivity contribution in [3.05, 3.63) is 65.7 Å².